The molecule has 1 amide bonds. The summed E-state index contributed by atoms with van der Waals surface area (Å²) in [6.45, 7) is 9.43. The van der Waals surface area contributed by atoms with E-state index in [2.05, 4.69) is 33.0 Å². The van der Waals surface area contributed by atoms with E-state index in [-0.39, 0.29) is 10.7 Å². The van der Waals surface area contributed by atoms with Crippen molar-refractivity contribution in [1.82, 2.24) is 5.32 Å². The van der Waals surface area contributed by atoms with Gasteiger partial charge in [-0.2, -0.15) is 11.8 Å². The van der Waals surface area contributed by atoms with E-state index < -0.39 is 5.54 Å². The fourth-order valence-corrected chi connectivity index (χ4v) is 3.28. The summed E-state index contributed by atoms with van der Waals surface area (Å²) in [4.78, 5) is 12.2. The molecule has 118 valence electrons. The van der Waals surface area contributed by atoms with Crippen molar-refractivity contribution in [1.29, 1.82) is 0 Å². The van der Waals surface area contributed by atoms with Gasteiger partial charge in [-0.25, -0.2) is 0 Å². The Bertz CT molecular complexity index is 442. The molecule has 0 aromatic heterocycles. The molecule has 3 N–H and O–H groups in total. The van der Waals surface area contributed by atoms with E-state index in [0.717, 1.165) is 24.3 Å². The van der Waals surface area contributed by atoms with E-state index in [1.165, 1.54) is 0 Å². The van der Waals surface area contributed by atoms with Gasteiger partial charge in [0.2, 0.25) is 5.91 Å². The van der Waals surface area contributed by atoms with Gasteiger partial charge in [0.15, 0.2) is 0 Å². The number of amides is 1. The quantitative estimate of drug-likeness (QED) is 0.775. The lowest BCUT2D eigenvalue weighted by molar-refractivity contribution is -0.125. The highest BCUT2D eigenvalue weighted by Gasteiger charge is 2.37. The number of nitrogens with two attached hydrogens (primary N) is 1. The molecule has 0 bridgehead atoms. The maximum atomic E-state index is 12.2. The van der Waals surface area contributed by atoms with Crippen molar-refractivity contribution in [2.45, 2.75) is 50.8 Å². The standard InChI is InChI=1S/C17H28N2OS/c1-5-12-19-17(15(18)20,11-13-21-16(2,3)4)14-9-7-6-8-10-14/h6-10,19H,5,11-13H2,1-4H3,(H2,18,20). The van der Waals surface area contributed by atoms with Crippen molar-refractivity contribution in [2.24, 2.45) is 5.73 Å². The highest BCUT2D eigenvalue weighted by Crippen LogP contribution is 2.31. The highest BCUT2D eigenvalue weighted by atomic mass is 32.2. The molecule has 0 radical (unpaired) electrons. The molecule has 1 rings (SSSR count). The predicted molar refractivity (Wildman–Crippen MR) is 92.4 cm³/mol. The topological polar surface area (TPSA) is 55.1 Å². The Morgan fingerprint density at radius 2 is 1.86 bits per heavy atom. The van der Waals surface area contributed by atoms with Crippen molar-refractivity contribution in [3.05, 3.63) is 35.9 Å². The lowest BCUT2D eigenvalue weighted by Crippen LogP contribution is -2.53. The van der Waals surface area contributed by atoms with Gasteiger partial charge in [-0.3, -0.25) is 10.1 Å². The second-order valence-electron chi connectivity index (χ2n) is 6.27. The minimum absolute atomic E-state index is 0.185. The Morgan fingerprint density at radius 3 is 2.33 bits per heavy atom. The first-order chi connectivity index (χ1) is 9.82. The first-order valence-electron chi connectivity index (χ1n) is 7.56. The van der Waals surface area contributed by atoms with E-state index in [1.807, 2.05) is 42.1 Å². The van der Waals surface area contributed by atoms with Crippen LogP contribution in [0.2, 0.25) is 0 Å². The molecule has 0 saturated carbocycles. The van der Waals surface area contributed by atoms with Crippen LogP contribution in [0.15, 0.2) is 30.3 Å². The number of thioether (sulfide) groups is 1. The SMILES string of the molecule is CCCNC(CCSC(C)(C)C)(C(N)=O)c1ccccc1. The third-order valence-corrected chi connectivity index (χ3v) is 4.65. The molecule has 0 fully saturated rings. The van der Waals surface area contributed by atoms with Crippen molar-refractivity contribution in [2.75, 3.05) is 12.3 Å². The third kappa shape index (κ3) is 5.36. The molecule has 1 aromatic carbocycles. The number of hydrogen-bond donors (Lipinski definition) is 2. The number of nitrogens with one attached hydrogen (secondary N) is 1. The van der Waals surface area contributed by atoms with Gasteiger partial charge < -0.3 is 5.73 Å². The first kappa shape index (κ1) is 18.1. The number of benzene rings is 1. The van der Waals surface area contributed by atoms with Gasteiger partial charge in [-0.05, 0) is 30.7 Å². The summed E-state index contributed by atoms with van der Waals surface area (Å²) in [7, 11) is 0. The van der Waals surface area contributed by atoms with Gasteiger partial charge in [-0.15, -0.1) is 0 Å². The zero-order valence-electron chi connectivity index (χ0n) is 13.6. The largest absolute Gasteiger partial charge is 0.368 e. The van der Waals surface area contributed by atoms with Crippen LogP contribution in [0.3, 0.4) is 0 Å². The smallest absolute Gasteiger partial charge is 0.242 e. The summed E-state index contributed by atoms with van der Waals surface area (Å²) in [6, 6.07) is 9.83. The van der Waals surface area contributed by atoms with E-state index in [9.17, 15) is 4.79 Å². The number of rotatable bonds is 8. The molecular weight excluding hydrogens is 280 g/mol. The monoisotopic (exact) mass is 308 g/mol. The molecule has 1 unspecified atom stereocenters. The number of carbonyl (C=O) groups is 1. The Kier molecular flexibility index (Phi) is 6.75. The fourth-order valence-electron chi connectivity index (χ4n) is 2.26. The average molecular weight is 308 g/mol. The summed E-state index contributed by atoms with van der Waals surface area (Å²) in [5.74, 6) is 0.592. The molecule has 3 nitrogen and oxygen atoms in total. The molecule has 1 atom stereocenters. The molecule has 0 spiro atoms. The third-order valence-electron chi connectivity index (χ3n) is 3.38. The van der Waals surface area contributed by atoms with Gasteiger partial charge in [0.05, 0.1) is 0 Å². The zero-order valence-corrected chi connectivity index (χ0v) is 14.4. The van der Waals surface area contributed by atoms with Gasteiger partial charge in [0.25, 0.3) is 0 Å². The van der Waals surface area contributed by atoms with E-state index in [1.54, 1.807) is 0 Å². The normalized spacial score (nSPS) is 14.7. The first-order valence-corrected chi connectivity index (χ1v) is 8.55. The molecule has 0 saturated heterocycles. The fraction of sp³-hybridized carbons (Fsp3) is 0.588. The second-order valence-corrected chi connectivity index (χ2v) is 8.19. The molecule has 0 heterocycles. The molecule has 1 aromatic rings. The minimum Gasteiger partial charge on any atom is -0.368 e. The summed E-state index contributed by atoms with van der Waals surface area (Å²) in [5, 5.41) is 3.40. The molecular formula is C17H28N2OS. The number of hydrogen-bond acceptors (Lipinski definition) is 3. The molecule has 0 aliphatic rings. The van der Waals surface area contributed by atoms with E-state index in [4.69, 9.17) is 5.73 Å². The van der Waals surface area contributed by atoms with Crippen molar-refractivity contribution < 1.29 is 4.79 Å². The highest BCUT2D eigenvalue weighted by molar-refractivity contribution is 8.00. The van der Waals surface area contributed by atoms with Gasteiger partial charge in [0.1, 0.15) is 5.54 Å². The molecule has 0 aliphatic carbocycles. The molecule has 0 aliphatic heterocycles. The number of carbonyl (C=O) groups excluding carboxylic acids is 1. The van der Waals surface area contributed by atoms with Crippen LogP contribution in [-0.2, 0) is 10.3 Å². The summed E-state index contributed by atoms with van der Waals surface area (Å²) in [5.41, 5.74) is 5.97. The predicted octanol–water partition coefficient (Wildman–Crippen LogP) is 3.29. The van der Waals surface area contributed by atoms with Crippen LogP contribution in [0.4, 0.5) is 0 Å². The lowest BCUT2D eigenvalue weighted by atomic mass is 9.86. The Morgan fingerprint density at radius 1 is 1.24 bits per heavy atom. The lowest BCUT2D eigenvalue weighted by Gasteiger charge is -2.33. The summed E-state index contributed by atoms with van der Waals surface area (Å²) in [6.07, 6.45) is 1.67. The molecule has 21 heavy (non-hydrogen) atoms. The zero-order chi connectivity index (χ0) is 15.9. The van der Waals surface area contributed by atoms with E-state index >= 15 is 0 Å². The van der Waals surface area contributed by atoms with Crippen LogP contribution in [0.1, 0.15) is 46.1 Å². The van der Waals surface area contributed by atoms with Crippen molar-refractivity contribution in [3.63, 3.8) is 0 Å². The van der Waals surface area contributed by atoms with Gasteiger partial charge in [-0.1, -0.05) is 58.0 Å². The second kappa shape index (κ2) is 7.85. The van der Waals surface area contributed by atoms with E-state index in [0.29, 0.717) is 6.42 Å². The van der Waals surface area contributed by atoms with Crippen molar-refractivity contribution in [3.8, 4) is 0 Å². The Balaban J connectivity index is 2.99. The summed E-state index contributed by atoms with van der Waals surface area (Å²) >= 11 is 1.86. The van der Waals surface area contributed by atoms with Crippen LogP contribution in [0.25, 0.3) is 0 Å². The van der Waals surface area contributed by atoms with Crippen LogP contribution in [-0.4, -0.2) is 23.0 Å². The van der Waals surface area contributed by atoms with Crippen molar-refractivity contribution >= 4 is 17.7 Å². The van der Waals surface area contributed by atoms with Crippen LogP contribution >= 0.6 is 11.8 Å². The summed E-state index contributed by atoms with van der Waals surface area (Å²) < 4.78 is 0.185. The van der Waals surface area contributed by atoms with Crippen LogP contribution in [0.5, 0.6) is 0 Å². The van der Waals surface area contributed by atoms with Gasteiger partial charge in [0, 0.05) is 4.75 Å². The van der Waals surface area contributed by atoms with Gasteiger partial charge >= 0.3 is 0 Å². The average Bonchev–Trinajstić information content (AvgIpc) is 2.42. The Hall–Kier alpha value is -1.00. The maximum absolute atomic E-state index is 12.2. The molecule has 4 heteroatoms. The maximum Gasteiger partial charge on any atom is 0.242 e. The number of primary amides is 1. The van der Waals surface area contributed by atoms with Crippen LogP contribution in [0, 0.1) is 0 Å². The van der Waals surface area contributed by atoms with Crippen LogP contribution < -0.4 is 11.1 Å². The Labute approximate surface area is 133 Å². The minimum atomic E-state index is -0.768.